The number of fused-ring (bicyclic) bond motifs is 5. The first kappa shape index (κ1) is 33.5. The number of carbonyl (C=O) groups is 3. The first-order valence-corrected chi connectivity index (χ1v) is 14.5. The van der Waals surface area contributed by atoms with E-state index in [-0.39, 0.29) is 11.3 Å². The number of phenolic OH excluding ortho intramolecular Hbond substituents is 8. The highest BCUT2D eigenvalue weighted by atomic mass is 16.7. The van der Waals surface area contributed by atoms with Gasteiger partial charge in [0, 0.05) is 28.8 Å². The smallest absolute Gasteiger partial charge is 0.342 e. The van der Waals surface area contributed by atoms with Gasteiger partial charge in [-0.2, -0.15) is 0 Å². The van der Waals surface area contributed by atoms with Crippen molar-refractivity contribution in [3.05, 3.63) is 76.9 Å². The second kappa shape index (κ2) is 12.5. The molecule has 1 saturated heterocycles. The van der Waals surface area contributed by atoms with E-state index in [0.29, 0.717) is 12.1 Å². The molecule has 6 rings (SSSR count). The van der Waals surface area contributed by atoms with E-state index in [0.717, 1.165) is 12.1 Å². The Kier molecular flexibility index (Phi) is 8.40. The highest BCUT2D eigenvalue weighted by molar-refractivity contribution is 6.12. The Morgan fingerprint density at radius 2 is 1.32 bits per heavy atom. The SMILES string of the molecule is O=C1OC2C(COC(=O)c3cc(O)c(O)c(O)c3-c3cc1c(O)c(O)c3O)OC(Oc1cc(O)c(C(=O)c3ccccc3)c(O)c1)C(O)C2O. The van der Waals surface area contributed by atoms with E-state index in [1.165, 1.54) is 12.1 Å². The first-order chi connectivity index (χ1) is 23.7. The van der Waals surface area contributed by atoms with Gasteiger partial charge in [0.25, 0.3) is 0 Å². The molecule has 10 N–H and O–H groups in total. The van der Waals surface area contributed by atoms with E-state index in [1.807, 2.05) is 0 Å². The number of ketones is 1. The van der Waals surface area contributed by atoms with Crippen molar-refractivity contribution in [3.8, 4) is 62.9 Å². The quantitative estimate of drug-likeness (QED) is 0.0821. The van der Waals surface area contributed by atoms with Gasteiger partial charge < -0.3 is 70.0 Å². The fourth-order valence-electron chi connectivity index (χ4n) is 5.53. The molecule has 0 aromatic heterocycles. The van der Waals surface area contributed by atoms with Crippen molar-refractivity contribution in [1.29, 1.82) is 0 Å². The van der Waals surface area contributed by atoms with Gasteiger partial charge in [-0.15, -0.1) is 0 Å². The maximum absolute atomic E-state index is 13.3. The van der Waals surface area contributed by atoms with Crippen LogP contribution in [0.5, 0.6) is 51.7 Å². The summed E-state index contributed by atoms with van der Waals surface area (Å²) in [6, 6.07) is 10.8. The van der Waals surface area contributed by atoms with Crippen molar-refractivity contribution in [2.45, 2.75) is 30.7 Å². The van der Waals surface area contributed by atoms with Gasteiger partial charge in [0.15, 0.2) is 29.1 Å². The van der Waals surface area contributed by atoms with Crippen LogP contribution in [0.2, 0.25) is 0 Å². The topological polar surface area (TPSA) is 290 Å². The lowest BCUT2D eigenvalue weighted by atomic mass is 9.93. The number of aliphatic hydroxyl groups is 2. The minimum Gasteiger partial charge on any atom is -0.507 e. The zero-order valence-corrected chi connectivity index (χ0v) is 25.1. The molecule has 4 aromatic rings. The fraction of sp³-hybridized carbons (Fsp3) is 0.182. The predicted molar refractivity (Wildman–Crippen MR) is 162 cm³/mol. The lowest BCUT2D eigenvalue weighted by Gasteiger charge is -2.41. The van der Waals surface area contributed by atoms with Crippen molar-refractivity contribution < 1.29 is 84.4 Å². The van der Waals surface area contributed by atoms with E-state index in [4.69, 9.17) is 18.9 Å². The molecule has 2 heterocycles. The van der Waals surface area contributed by atoms with E-state index >= 15 is 0 Å². The molecule has 2 aliphatic heterocycles. The summed E-state index contributed by atoms with van der Waals surface area (Å²) in [6.07, 6.45) is -9.62. The van der Waals surface area contributed by atoms with Crippen LogP contribution >= 0.6 is 0 Å². The third kappa shape index (κ3) is 5.60. The number of benzene rings is 4. The van der Waals surface area contributed by atoms with E-state index in [1.54, 1.807) is 18.2 Å². The molecule has 1 fully saturated rings. The minimum atomic E-state index is -2.09. The molecule has 0 radical (unpaired) electrons. The number of cyclic esters (lactones) is 1. The van der Waals surface area contributed by atoms with Gasteiger partial charge in [-0.25, -0.2) is 9.59 Å². The van der Waals surface area contributed by atoms with Gasteiger partial charge in [-0.3, -0.25) is 4.79 Å². The van der Waals surface area contributed by atoms with Crippen LogP contribution in [-0.2, 0) is 14.2 Å². The fourth-order valence-corrected chi connectivity index (χ4v) is 5.53. The molecule has 4 aromatic carbocycles. The Morgan fingerprint density at radius 1 is 0.680 bits per heavy atom. The molecule has 2 aliphatic rings. The largest absolute Gasteiger partial charge is 0.507 e. The standard InChI is InChI=1S/C33H26O17/c34-16-6-12(7-17(35)21(16)22(37)11-4-2-1-3-5-11)48-33-29(44)28(43)30-19(49-33)10-47-31(45)14-9-18(36)25(40)26(41)20(14)13-8-15(32(46)50-30)24(39)27(42)23(13)38/h1-9,19,28-30,33-36,38-44H,10H2. The molecule has 0 amide bonds. The number of esters is 2. The average Bonchev–Trinajstić information content (AvgIpc) is 3.08. The number of aromatic hydroxyl groups is 8. The van der Waals surface area contributed by atoms with Gasteiger partial charge in [0.05, 0.1) is 5.56 Å². The highest BCUT2D eigenvalue weighted by Crippen LogP contribution is 2.52. The number of hydrogen-bond acceptors (Lipinski definition) is 17. The van der Waals surface area contributed by atoms with Crippen LogP contribution in [-0.4, -0.2) is 106 Å². The molecule has 5 atom stereocenters. The lowest BCUT2D eigenvalue weighted by molar-refractivity contribution is -0.276. The summed E-state index contributed by atoms with van der Waals surface area (Å²) in [7, 11) is 0. The number of ether oxygens (including phenoxy) is 4. The highest BCUT2D eigenvalue weighted by Gasteiger charge is 2.49. The second-order valence-electron chi connectivity index (χ2n) is 11.2. The van der Waals surface area contributed by atoms with Gasteiger partial charge in [-0.1, -0.05) is 30.3 Å². The third-order valence-electron chi connectivity index (χ3n) is 8.06. The summed E-state index contributed by atoms with van der Waals surface area (Å²) in [6.45, 7) is -0.902. The van der Waals surface area contributed by atoms with Crippen molar-refractivity contribution in [3.63, 3.8) is 0 Å². The first-order valence-electron chi connectivity index (χ1n) is 14.5. The zero-order chi connectivity index (χ0) is 36.2. The summed E-state index contributed by atoms with van der Waals surface area (Å²) >= 11 is 0. The van der Waals surface area contributed by atoms with Crippen molar-refractivity contribution in [1.82, 2.24) is 0 Å². The molecule has 260 valence electrons. The number of phenols is 8. The molecular weight excluding hydrogens is 668 g/mol. The second-order valence-corrected chi connectivity index (χ2v) is 11.2. The lowest BCUT2D eigenvalue weighted by Crippen LogP contribution is -2.61. The van der Waals surface area contributed by atoms with Crippen LogP contribution in [0.25, 0.3) is 11.1 Å². The van der Waals surface area contributed by atoms with Gasteiger partial charge in [-0.05, 0) is 12.1 Å². The normalized spacial score (nSPS) is 21.8. The Balaban J connectivity index is 1.36. The number of rotatable bonds is 4. The predicted octanol–water partition coefficient (Wildman–Crippen LogP) is 1.45. The maximum Gasteiger partial charge on any atom is 0.342 e. The van der Waals surface area contributed by atoms with Gasteiger partial charge >= 0.3 is 11.9 Å². The maximum atomic E-state index is 13.3. The Hall–Kier alpha value is -6.43. The monoisotopic (exact) mass is 694 g/mol. The molecule has 17 nitrogen and oxygen atoms in total. The summed E-state index contributed by atoms with van der Waals surface area (Å²) in [5.74, 6) is -12.5. The van der Waals surface area contributed by atoms with Crippen LogP contribution in [0.4, 0.5) is 0 Å². The third-order valence-corrected chi connectivity index (χ3v) is 8.06. The molecule has 17 heteroatoms. The van der Waals surface area contributed by atoms with Crippen molar-refractivity contribution in [2.24, 2.45) is 0 Å². The molecule has 50 heavy (non-hydrogen) atoms. The van der Waals surface area contributed by atoms with Crippen molar-refractivity contribution in [2.75, 3.05) is 6.61 Å². The minimum absolute atomic E-state index is 0.149. The molecule has 2 bridgehead atoms. The zero-order valence-electron chi connectivity index (χ0n) is 25.1. The van der Waals surface area contributed by atoms with Gasteiger partial charge in [0.1, 0.15) is 53.3 Å². The molecule has 0 saturated carbocycles. The van der Waals surface area contributed by atoms with Crippen LogP contribution in [0.15, 0.2) is 54.6 Å². The van der Waals surface area contributed by atoms with E-state index in [9.17, 15) is 65.4 Å². The Labute approximate surface area is 279 Å². The van der Waals surface area contributed by atoms with E-state index < -0.39 is 129 Å². The number of hydrogen-bond donors (Lipinski definition) is 10. The van der Waals surface area contributed by atoms with Crippen molar-refractivity contribution >= 4 is 17.7 Å². The molecule has 0 spiro atoms. The summed E-state index contributed by atoms with van der Waals surface area (Å²) in [5.41, 5.74) is -3.40. The summed E-state index contributed by atoms with van der Waals surface area (Å²) in [4.78, 5) is 39.5. The summed E-state index contributed by atoms with van der Waals surface area (Å²) in [5, 5.41) is 106. The van der Waals surface area contributed by atoms with Crippen LogP contribution in [0, 0.1) is 0 Å². The molecule has 0 aliphatic carbocycles. The molecular formula is C33H26O17. The van der Waals surface area contributed by atoms with Crippen LogP contribution in [0.3, 0.4) is 0 Å². The summed E-state index contributed by atoms with van der Waals surface area (Å²) < 4.78 is 21.8. The number of aliphatic hydroxyl groups excluding tert-OH is 2. The Bertz CT molecular complexity index is 2020. The Morgan fingerprint density at radius 3 is 1.98 bits per heavy atom. The number of carbonyl (C=O) groups excluding carboxylic acids is 3. The van der Waals surface area contributed by atoms with E-state index in [2.05, 4.69) is 0 Å². The van der Waals surface area contributed by atoms with Gasteiger partial charge in [0.2, 0.25) is 23.6 Å². The van der Waals surface area contributed by atoms with Crippen LogP contribution < -0.4 is 4.74 Å². The molecule has 5 unspecified atom stereocenters. The average molecular weight is 695 g/mol. The van der Waals surface area contributed by atoms with Crippen LogP contribution in [0.1, 0.15) is 36.6 Å².